The van der Waals surface area contributed by atoms with Crippen molar-refractivity contribution in [2.45, 2.75) is 52.2 Å². The van der Waals surface area contributed by atoms with Gasteiger partial charge < -0.3 is 24.7 Å². The molecule has 12 nitrogen and oxygen atoms in total. The van der Waals surface area contributed by atoms with Gasteiger partial charge in [-0.25, -0.2) is 9.55 Å². The predicted molar refractivity (Wildman–Crippen MR) is 142 cm³/mol. The van der Waals surface area contributed by atoms with Gasteiger partial charge >= 0.3 is 13.7 Å². The molecule has 1 aliphatic rings. The quantitative estimate of drug-likeness (QED) is 0.247. The number of nitrogen functional groups attached to an aromatic ring is 1. The first kappa shape index (κ1) is 27.6. The van der Waals surface area contributed by atoms with Crippen LogP contribution in [0.15, 0.2) is 48.8 Å². The monoisotopic (exact) mass is 544 g/mol. The summed E-state index contributed by atoms with van der Waals surface area (Å²) >= 11 is 0. The first-order valence-corrected chi connectivity index (χ1v) is 13.9. The number of ether oxygens (including phenoxy) is 1. The van der Waals surface area contributed by atoms with Gasteiger partial charge in [0.25, 0.3) is 0 Å². The second-order valence-electron chi connectivity index (χ2n) is 9.25. The van der Waals surface area contributed by atoms with E-state index >= 15 is 0 Å². The number of aromatic nitrogens is 4. The summed E-state index contributed by atoms with van der Waals surface area (Å²) in [4.78, 5) is 24.8. The first-order valence-electron chi connectivity index (χ1n) is 12.4. The van der Waals surface area contributed by atoms with Crippen LogP contribution in [-0.2, 0) is 13.9 Å². The van der Waals surface area contributed by atoms with Gasteiger partial charge in [-0.3, -0.25) is 9.32 Å². The van der Waals surface area contributed by atoms with Crippen LogP contribution in [-0.4, -0.2) is 60.6 Å². The maximum Gasteiger partial charge on any atom is 0.462 e. The number of allylic oxidation sites excluding steroid dienone is 1. The summed E-state index contributed by atoms with van der Waals surface area (Å²) in [5.74, 6) is -0.503. The highest BCUT2D eigenvalue weighted by Gasteiger charge is 2.44. The maximum absolute atomic E-state index is 14.2. The number of benzene rings is 1. The lowest BCUT2D eigenvalue weighted by molar-refractivity contribution is -0.141. The van der Waals surface area contributed by atoms with Gasteiger partial charge in [-0.2, -0.15) is 14.6 Å². The number of nitrogens with zero attached hydrogens (tertiary/aromatic N) is 5. The minimum Gasteiger partial charge on any atom is -0.480 e. The zero-order valence-electron chi connectivity index (χ0n) is 21.8. The Morgan fingerprint density at radius 2 is 1.97 bits per heavy atom. The highest BCUT2D eigenvalue weighted by Crippen LogP contribution is 2.55. The fourth-order valence-electron chi connectivity index (χ4n) is 4.47. The molecule has 1 aliphatic carbocycles. The molecule has 2 heterocycles. The summed E-state index contributed by atoms with van der Waals surface area (Å²) in [7, 11) is -4.06. The van der Waals surface area contributed by atoms with Crippen LogP contribution in [0, 0.1) is 5.92 Å². The van der Waals surface area contributed by atoms with Crippen LogP contribution in [0.25, 0.3) is 11.2 Å². The lowest BCUT2D eigenvalue weighted by Crippen LogP contribution is -2.42. The fraction of sp³-hybridized carbons (Fsp3) is 0.440. The smallest absolute Gasteiger partial charge is 0.462 e. The van der Waals surface area contributed by atoms with Crippen molar-refractivity contribution in [3.8, 4) is 11.6 Å². The molecule has 3 N–H and O–H groups in total. The van der Waals surface area contributed by atoms with Gasteiger partial charge in [0.15, 0.2) is 11.2 Å². The molecule has 0 amide bonds. The zero-order valence-corrected chi connectivity index (χ0v) is 22.7. The third-order valence-corrected chi connectivity index (χ3v) is 8.47. The maximum atomic E-state index is 14.2. The van der Waals surface area contributed by atoms with Crippen LogP contribution in [0.4, 0.5) is 5.95 Å². The highest BCUT2D eigenvalue weighted by atomic mass is 31.2. The van der Waals surface area contributed by atoms with E-state index in [0.717, 1.165) is 0 Å². The Bertz CT molecular complexity index is 1350. The lowest BCUT2D eigenvalue weighted by Gasteiger charge is -2.35. The third kappa shape index (κ3) is 5.82. The van der Waals surface area contributed by atoms with E-state index in [2.05, 4.69) is 15.0 Å². The summed E-state index contributed by atoms with van der Waals surface area (Å²) < 4.78 is 34.8. The summed E-state index contributed by atoms with van der Waals surface area (Å²) in [6.45, 7) is 7.30. The van der Waals surface area contributed by atoms with Gasteiger partial charge in [0, 0.05) is 12.0 Å². The summed E-state index contributed by atoms with van der Waals surface area (Å²) in [5.41, 5.74) is 6.96. The van der Waals surface area contributed by atoms with Crippen LogP contribution in [0.3, 0.4) is 0 Å². The molecule has 1 aromatic carbocycles. The molecule has 0 fully saturated rings. The van der Waals surface area contributed by atoms with Crippen molar-refractivity contribution in [2.75, 3.05) is 18.9 Å². The number of carbonyl (C=O) groups is 1. The van der Waals surface area contributed by atoms with E-state index in [4.69, 9.17) is 19.5 Å². The standard InChI is InChI=1S/C25H33N6O6P/c1-5-35-23-21-22(28-25(26)29-23)30(15-27-21)19-12-11-18(13-19)14-36-38(34,37-20-9-7-6-8-10-20)31(16(2)3)17(4)24(32)33/h6-12,15-19H,5,13-14H2,1-4H3,(H,32,33)(H2,26,28,29)/t17?,18-,19+,38-/m1/s1. The van der Waals surface area contributed by atoms with E-state index in [-0.39, 0.29) is 24.5 Å². The molecule has 4 rings (SSSR count). The van der Waals surface area contributed by atoms with Crippen LogP contribution in [0.5, 0.6) is 11.6 Å². The Morgan fingerprint density at radius 1 is 1.24 bits per heavy atom. The van der Waals surface area contributed by atoms with E-state index in [0.29, 0.717) is 35.8 Å². The second-order valence-corrected chi connectivity index (χ2v) is 11.1. The molecule has 13 heteroatoms. The van der Waals surface area contributed by atoms with E-state index in [1.165, 1.54) is 11.6 Å². The average molecular weight is 545 g/mol. The number of hydrogen-bond donors (Lipinski definition) is 2. The summed E-state index contributed by atoms with van der Waals surface area (Å²) in [6, 6.07) is 6.96. The highest BCUT2D eigenvalue weighted by molar-refractivity contribution is 7.51. The summed E-state index contributed by atoms with van der Waals surface area (Å²) in [6.07, 6.45) is 6.24. The summed E-state index contributed by atoms with van der Waals surface area (Å²) in [5, 5.41) is 9.69. The van der Waals surface area contributed by atoms with E-state index in [1.54, 1.807) is 50.5 Å². The Labute approximate surface area is 221 Å². The molecule has 0 radical (unpaired) electrons. The van der Waals surface area contributed by atoms with Crippen LogP contribution >= 0.6 is 7.75 Å². The molecule has 0 spiro atoms. The van der Waals surface area contributed by atoms with Crippen molar-refractivity contribution in [3.05, 3.63) is 48.8 Å². The first-order chi connectivity index (χ1) is 18.1. The molecule has 0 aliphatic heterocycles. The molecule has 1 unspecified atom stereocenters. The lowest BCUT2D eigenvalue weighted by atomic mass is 10.1. The van der Waals surface area contributed by atoms with Crippen molar-refractivity contribution in [2.24, 2.45) is 5.92 Å². The van der Waals surface area contributed by atoms with Crippen molar-refractivity contribution in [1.29, 1.82) is 0 Å². The van der Waals surface area contributed by atoms with Crippen molar-refractivity contribution < 1.29 is 28.3 Å². The van der Waals surface area contributed by atoms with Gasteiger partial charge in [-0.1, -0.05) is 30.4 Å². The predicted octanol–water partition coefficient (Wildman–Crippen LogP) is 4.31. The Kier molecular flexibility index (Phi) is 8.35. The van der Waals surface area contributed by atoms with Gasteiger partial charge in [0.2, 0.25) is 11.8 Å². The SMILES string of the molecule is CCOc1nc(N)nc2c1ncn2[C@H]1C=C[C@@H](CO[P@@](=O)(Oc2ccccc2)N(C(C)C)C(C)C(=O)O)C1. The number of anilines is 1. The van der Waals surface area contributed by atoms with Gasteiger partial charge in [0.1, 0.15) is 11.8 Å². The molecule has 2 aromatic heterocycles. The molecular formula is C25H33N6O6P. The number of hydrogen-bond acceptors (Lipinski definition) is 9. The van der Waals surface area contributed by atoms with Gasteiger partial charge in [-0.15, -0.1) is 0 Å². The van der Waals surface area contributed by atoms with Crippen molar-refractivity contribution >= 4 is 30.8 Å². The molecule has 0 saturated carbocycles. The van der Waals surface area contributed by atoms with Gasteiger partial charge in [0.05, 0.1) is 25.6 Å². The number of para-hydroxylation sites is 1. The molecule has 0 bridgehead atoms. The fourth-order valence-corrected chi connectivity index (χ4v) is 6.61. The number of nitrogens with two attached hydrogens (primary N) is 1. The van der Waals surface area contributed by atoms with Crippen LogP contribution in [0.2, 0.25) is 0 Å². The van der Waals surface area contributed by atoms with Crippen molar-refractivity contribution in [3.63, 3.8) is 0 Å². The number of imidazole rings is 1. The zero-order chi connectivity index (χ0) is 27.4. The number of carboxylic acid groups (broad SMARTS) is 1. The van der Waals surface area contributed by atoms with Gasteiger partial charge in [-0.05, 0) is 46.2 Å². The van der Waals surface area contributed by atoms with Crippen LogP contribution < -0.4 is 15.0 Å². The van der Waals surface area contributed by atoms with E-state index in [1.807, 2.05) is 23.6 Å². The van der Waals surface area contributed by atoms with Crippen molar-refractivity contribution in [1.82, 2.24) is 24.2 Å². The average Bonchev–Trinajstić information content (AvgIpc) is 3.50. The van der Waals surface area contributed by atoms with Crippen LogP contribution in [0.1, 0.15) is 40.2 Å². The molecule has 4 atom stereocenters. The number of aliphatic carboxylic acids is 1. The molecule has 204 valence electrons. The minimum absolute atomic E-state index is 0.0562. The number of carboxylic acids is 1. The third-order valence-electron chi connectivity index (χ3n) is 6.18. The Hall–Kier alpha value is -3.47. The Balaban J connectivity index is 1.54. The topological polar surface area (TPSA) is 155 Å². The normalized spacial score (nSPS) is 19.6. The second kappa shape index (κ2) is 11.5. The van der Waals surface area contributed by atoms with E-state index in [9.17, 15) is 14.5 Å². The molecular weight excluding hydrogens is 511 g/mol. The molecule has 38 heavy (non-hydrogen) atoms. The van der Waals surface area contributed by atoms with E-state index < -0.39 is 25.8 Å². The number of rotatable bonds is 12. The largest absolute Gasteiger partial charge is 0.480 e. The Morgan fingerprint density at radius 3 is 2.63 bits per heavy atom. The molecule has 3 aromatic rings. The molecule has 0 saturated heterocycles. The number of fused-ring (bicyclic) bond motifs is 1. The minimum atomic E-state index is -4.06.